The quantitative estimate of drug-likeness (QED) is 0.393. The number of thioether (sulfide) groups is 1. The summed E-state index contributed by atoms with van der Waals surface area (Å²) in [5.74, 6) is 0.740. The zero-order chi connectivity index (χ0) is 24.5. The predicted octanol–water partition coefficient (Wildman–Crippen LogP) is 6.97. The minimum Gasteiger partial charge on any atom is -0.399 e. The van der Waals surface area contributed by atoms with Crippen molar-refractivity contribution in [2.75, 3.05) is 18.6 Å². The molecule has 5 nitrogen and oxygen atoms in total. The van der Waals surface area contributed by atoms with Crippen molar-refractivity contribution in [2.45, 2.75) is 43.9 Å². The van der Waals surface area contributed by atoms with Gasteiger partial charge in [0.05, 0.1) is 11.3 Å². The van der Waals surface area contributed by atoms with Crippen LogP contribution in [0.5, 0.6) is 5.06 Å². The van der Waals surface area contributed by atoms with Crippen LogP contribution >= 0.6 is 46.3 Å². The second-order valence-corrected chi connectivity index (χ2v) is 10.8. The summed E-state index contributed by atoms with van der Waals surface area (Å²) >= 11 is 14.7. The number of carbonyl (C=O) groups excluding carboxylic acids is 1. The molecule has 0 saturated carbocycles. The average Bonchev–Trinajstić information content (AvgIpc) is 3.36. The molecule has 2 aliphatic rings. The highest BCUT2D eigenvalue weighted by Crippen LogP contribution is 2.51. The van der Waals surface area contributed by atoms with E-state index in [1.165, 1.54) is 18.2 Å². The van der Waals surface area contributed by atoms with Crippen molar-refractivity contribution in [3.05, 3.63) is 49.8 Å². The van der Waals surface area contributed by atoms with Crippen LogP contribution in [0.15, 0.2) is 23.4 Å². The van der Waals surface area contributed by atoms with Gasteiger partial charge in [0, 0.05) is 33.5 Å². The third-order valence-corrected chi connectivity index (χ3v) is 7.97. The summed E-state index contributed by atoms with van der Waals surface area (Å²) in [4.78, 5) is 17.9. The van der Waals surface area contributed by atoms with Crippen molar-refractivity contribution in [2.24, 2.45) is 5.16 Å². The summed E-state index contributed by atoms with van der Waals surface area (Å²) in [6.45, 7) is 0.456. The Morgan fingerprint density at radius 2 is 1.91 bits per heavy atom. The van der Waals surface area contributed by atoms with E-state index in [1.54, 1.807) is 11.8 Å². The van der Waals surface area contributed by atoms with Gasteiger partial charge in [0.2, 0.25) is 0 Å². The molecule has 1 atom stereocenters. The normalized spacial score (nSPS) is 19.9. The van der Waals surface area contributed by atoms with Gasteiger partial charge in [-0.2, -0.15) is 24.9 Å². The Morgan fingerprint density at radius 1 is 1.24 bits per heavy atom. The molecule has 1 N–H and O–H groups in total. The number of benzene rings is 1. The van der Waals surface area contributed by atoms with Crippen molar-refractivity contribution in [1.82, 2.24) is 5.32 Å². The van der Waals surface area contributed by atoms with Gasteiger partial charge in [0.1, 0.15) is 5.71 Å². The lowest BCUT2D eigenvalue weighted by Crippen LogP contribution is -2.42. The molecule has 0 radical (unpaired) electrons. The molecule has 0 saturated heterocycles. The Bertz CT molecular complexity index is 1100. The molecule has 0 bridgehead atoms. The Kier molecular flexibility index (Phi) is 7.61. The lowest BCUT2D eigenvalue weighted by Gasteiger charge is -2.29. The first kappa shape index (κ1) is 25.5. The van der Waals surface area contributed by atoms with Gasteiger partial charge in [0.15, 0.2) is 5.06 Å². The van der Waals surface area contributed by atoms with Gasteiger partial charge in [-0.3, -0.25) is 0 Å². The molecular formula is C22H21Cl2F3N2O3S2. The Balaban J connectivity index is 1.66. The van der Waals surface area contributed by atoms with E-state index >= 15 is 0 Å². The molecule has 0 fully saturated rings. The molecule has 1 aromatic carbocycles. The average molecular weight is 553 g/mol. The fourth-order valence-corrected chi connectivity index (χ4v) is 6.16. The Labute approximate surface area is 213 Å². The fraction of sp³-hybridized carbons (Fsp3) is 0.455. The molecule has 1 aliphatic carbocycles. The van der Waals surface area contributed by atoms with Crippen LogP contribution in [0.3, 0.4) is 0 Å². The summed E-state index contributed by atoms with van der Waals surface area (Å²) in [6, 6.07) is 3.74. The lowest BCUT2D eigenvalue weighted by molar-refractivity contribution is -0.275. The SMILES string of the molecule is CSCCNC(=O)Oc1sc(C2=NOC(c3cc(Cl)cc(Cl)c3)(C(F)(F)F)C2)c2c1CCCC2. The van der Waals surface area contributed by atoms with E-state index in [4.69, 9.17) is 32.8 Å². The number of carbonyl (C=O) groups is 1. The summed E-state index contributed by atoms with van der Waals surface area (Å²) in [5.41, 5.74) is -1.05. The van der Waals surface area contributed by atoms with E-state index in [9.17, 15) is 18.0 Å². The number of oxime groups is 1. The number of hydrogen-bond acceptors (Lipinski definition) is 6. The standard InChI is InChI=1S/C22H21Cl2F3N2O3S2/c1-33-7-6-28-20(30)31-19-16-5-3-2-4-15(16)18(34-19)17-11-21(32-29-17,22(25,26)27)12-8-13(23)10-14(24)9-12/h8-10H,2-7,11H2,1H3,(H,28,30). The zero-order valence-electron chi connectivity index (χ0n) is 18.1. The van der Waals surface area contributed by atoms with Crippen LogP contribution in [0.4, 0.5) is 18.0 Å². The number of fused-ring (bicyclic) bond motifs is 1. The van der Waals surface area contributed by atoms with E-state index in [-0.39, 0.29) is 21.3 Å². The molecule has 12 heteroatoms. The minimum atomic E-state index is -4.78. The van der Waals surface area contributed by atoms with Gasteiger partial charge >= 0.3 is 12.3 Å². The van der Waals surface area contributed by atoms with Crippen molar-refractivity contribution < 1.29 is 27.5 Å². The molecule has 1 unspecified atom stereocenters. The number of alkyl halides is 3. The summed E-state index contributed by atoms with van der Waals surface area (Å²) in [5, 5.41) is 7.10. The van der Waals surface area contributed by atoms with Gasteiger partial charge in [-0.25, -0.2) is 4.79 Å². The van der Waals surface area contributed by atoms with Crippen LogP contribution < -0.4 is 10.1 Å². The molecule has 1 amide bonds. The third kappa shape index (κ3) is 5.01. The summed E-state index contributed by atoms with van der Waals surface area (Å²) in [6.07, 6.45) is -0.834. The highest BCUT2D eigenvalue weighted by Gasteiger charge is 2.62. The molecule has 184 valence electrons. The first-order valence-electron chi connectivity index (χ1n) is 10.5. The maximum Gasteiger partial charge on any atom is 0.435 e. The first-order chi connectivity index (χ1) is 16.1. The number of halogens is 5. The van der Waals surface area contributed by atoms with Crippen molar-refractivity contribution in [3.8, 4) is 5.06 Å². The lowest BCUT2D eigenvalue weighted by atomic mass is 9.86. The van der Waals surface area contributed by atoms with Crippen LogP contribution in [0.2, 0.25) is 10.0 Å². The highest BCUT2D eigenvalue weighted by atomic mass is 35.5. The van der Waals surface area contributed by atoms with Crippen LogP contribution in [-0.4, -0.2) is 36.5 Å². The van der Waals surface area contributed by atoms with E-state index in [0.29, 0.717) is 29.3 Å². The van der Waals surface area contributed by atoms with Crippen molar-refractivity contribution >= 4 is 58.1 Å². The van der Waals surface area contributed by atoms with Gasteiger partial charge in [-0.1, -0.05) is 39.7 Å². The van der Waals surface area contributed by atoms with Crippen molar-refractivity contribution in [1.29, 1.82) is 0 Å². The molecule has 2 heterocycles. The Morgan fingerprint density at radius 3 is 2.56 bits per heavy atom. The minimum absolute atomic E-state index is 0.0693. The maximum atomic E-state index is 14.4. The second-order valence-electron chi connectivity index (χ2n) is 7.98. The number of nitrogens with zero attached hydrogens (tertiary/aromatic N) is 1. The smallest absolute Gasteiger partial charge is 0.399 e. The van der Waals surface area contributed by atoms with Crippen LogP contribution in [0.1, 0.15) is 40.8 Å². The molecule has 1 aromatic heterocycles. The fourth-order valence-electron chi connectivity index (χ4n) is 4.10. The topological polar surface area (TPSA) is 59.9 Å². The zero-order valence-corrected chi connectivity index (χ0v) is 21.2. The number of thiophene rings is 1. The van der Waals surface area contributed by atoms with E-state index in [2.05, 4.69) is 10.5 Å². The molecule has 4 rings (SSSR count). The van der Waals surface area contributed by atoms with E-state index in [1.807, 2.05) is 6.26 Å². The van der Waals surface area contributed by atoms with Crippen LogP contribution in [0.25, 0.3) is 0 Å². The largest absolute Gasteiger partial charge is 0.435 e. The number of hydrogen-bond donors (Lipinski definition) is 1. The Hall–Kier alpha value is -1.62. The second kappa shape index (κ2) is 10.2. The molecule has 34 heavy (non-hydrogen) atoms. The maximum absolute atomic E-state index is 14.4. The molecule has 2 aromatic rings. The highest BCUT2D eigenvalue weighted by molar-refractivity contribution is 7.98. The summed E-state index contributed by atoms with van der Waals surface area (Å²) in [7, 11) is 0. The predicted molar refractivity (Wildman–Crippen MR) is 130 cm³/mol. The summed E-state index contributed by atoms with van der Waals surface area (Å²) < 4.78 is 48.6. The number of nitrogens with one attached hydrogen (secondary N) is 1. The monoisotopic (exact) mass is 552 g/mol. The van der Waals surface area contributed by atoms with Crippen LogP contribution in [0, 0.1) is 0 Å². The molecular weight excluding hydrogens is 532 g/mol. The number of amides is 1. The van der Waals surface area contributed by atoms with Gasteiger partial charge < -0.3 is 14.9 Å². The number of rotatable bonds is 6. The number of ether oxygens (including phenoxy) is 1. The van der Waals surface area contributed by atoms with E-state index < -0.39 is 24.3 Å². The van der Waals surface area contributed by atoms with Gasteiger partial charge in [0.25, 0.3) is 5.60 Å². The van der Waals surface area contributed by atoms with Gasteiger partial charge in [-0.15, -0.1) is 0 Å². The molecule has 0 spiro atoms. The van der Waals surface area contributed by atoms with E-state index in [0.717, 1.165) is 41.1 Å². The first-order valence-corrected chi connectivity index (χ1v) is 13.5. The van der Waals surface area contributed by atoms with Crippen LogP contribution in [-0.2, 0) is 23.3 Å². The van der Waals surface area contributed by atoms with Crippen molar-refractivity contribution in [3.63, 3.8) is 0 Å². The van der Waals surface area contributed by atoms with Gasteiger partial charge in [-0.05, 0) is 55.7 Å². The molecule has 1 aliphatic heterocycles. The third-order valence-electron chi connectivity index (χ3n) is 5.72.